The number of hydrogen-bond acceptors (Lipinski definition) is 7. The van der Waals surface area contributed by atoms with Crippen molar-refractivity contribution < 1.29 is 32.2 Å². The summed E-state index contributed by atoms with van der Waals surface area (Å²) in [6, 6.07) is -0.381. The lowest BCUT2D eigenvalue weighted by atomic mass is 9.74. The number of sulfonamides is 1. The third kappa shape index (κ3) is 7.29. The normalized spacial score (nSPS) is 36.8. The Morgan fingerprint density at radius 2 is 1.39 bits per heavy atom. The van der Waals surface area contributed by atoms with Gasteiger partial charge < -0.3 is 24.3 Å². The van der Waals surface area contributed by atoms with Gasteiger partial charge in [0, 0.05) is 34.5 Å². The number of amides is 1. The number of ether oxygens (including phenoxy) is 4. The molecule has 8 atom stereocenters. The molecule has 0 aliphatic heterocycles. The van der Waals surface area contributed by atoms with E-state index in [1.807, 2.05) is 0 Å². The Balaban J connectivity index is 1.88. The van der Waals surface area contributed by atoms with E-state index in [1.165, 1.54) is 10.7 Å². The van der Waals surface area contributed by atoms with Crippen LogP contribution in [0.3, 0.4) is 0 Å². The van der Waals surface area contributed by atoms with Crippen molar-refractivity contribution in [3.8, 4) is 0 Å². The molecule has 3 aliphatic rings. The van der Waals surface area contributed by atoms with Gasteiger partial charge >= 0.3 is 0 Å². The molecule has 0 saturated heterocycles. The Labute approximate surface area is 230 Å². The van der Waals surface area contributed by atoms with Crippen molar-refractivity contribution in [3.63, 3.8) is 0 Å². The molecule has 3 fully saturated rings. The fraction of sp³-hybridized carbons (Fsp3) is 0.964. The Bertz CT molecular complexity index is 829. The molecule has 9 nitrogen and oxygen atoms in total. The molecule has 0 bridgehead atoms. The highest BCUT2D eigenvalue weighted by atomic mass is 32.2. The topological polar surface area (TPSA) is 103 Å². The first-order chi connectivity index (χ1) is 18.2. The number of hydrogen-bond donors (Lipinski definition) is 1. The highest BCUT2D eigenvalue weighted by Gasteiger charge is 2.47. The number of nitrogens with one attached hydrogen (secondary N) is 1. The van der Waals surface area contributed by atoms with Crippen molar-refractivity contribution in [3.05, 3.63) is 0 Å². The van der Waals surface area contributed by atoms with Crippen LogP contribution in [0.1, 0.15) is 84.5 Å². The Hall–Kier alpha value is -0.780. The quantitative estimate of drug-likeness (QED) is 0.390. The van der Waals surface area contributed by atoms with Crippen LogP contribution in [0.5, 0.6) is 0 Å². The average molecular weight is 561 g/mol. The maximum Gasteiger partial charge on any atom is 0.235 e. The zero-order valence-electron chi connectivity index (χ0n) is 24.4. The van der Waals surface area contributed by atoms with E-state index in [0.29, 0.717) is 43.9 Å². The van der Waals surface area contributed by atoms with E-state index in [2.05, 4.69) is 19.2 Å². The van der Waals surface area contributed by atoms with Gasteiger partial charge in [0.2, 0.25) is 15.9 Å². The van der Waals surface area contributed by atoms with Crippen LogP contribution in [0.25, 0.3) is 0 Å². The van der Waals surface area contributed by atoms with Gasteiger partial charge in [-0.3, -0.25) is 4.79 Å². The van der Waals surface area contributed by atoms with Gasteiger partial charge in [0.05, 0.1) is 42.3 Å². The van der Waals surface area contributed by atoms with Crippen LogP contribution in [-0.4, -0.2) is 95.4 Å². The average Bonchev–Trinajstić information content (AvgIpc) is 2.94. The molecule has 0 radical (unpaired) electrons. The van der Waals surface area contributed by atoms with Gasteiger partial charge in [-0.2, -0.15) is 4.31 Å². The summed E-state index contributed by atoms with van der Waals surface area (Å²) in [6.07, 6.45) is 7.98. The molecule has 3 aliphatic carbocycles. The van der Waals surface area contributed by atoms with Crippen LogP contribution < -0.4 is 5.32 Å². The molecule has 0 aromatic carbocycles. The van der Waals surface area contributed by atoms with E-state index >= 15 is 0 Å². The Kier molecular flexibility index (Phi) is 12.3. The van der Waals surface area contributed by atoms with E-state index in [4.69, 9.17) is 18.9 Å². The fourth-order valence-corrected chi connectivity index (χ4v) is 9.37. The predicted octanol–water partition coefficient (Wildman–Crippen LogP) is 3.50. The van der Waals surface area contributed by atoms with Crippen LogP contribution in [0.4, 0.5) is 0 Å². The Morgan fingerprint density at radius 1 is 0.789 bits per heavy atom. The molecule has 222 valence electrons. The second-order valence-electron chi connectivity index (χ2n) is 11.4. The zero-order chi connectivity index (χ0) is 27.9. The molecule has 1 N–H and O–H groups in total. The fourth-order valence-electron chi connectivity index (χ4n) is 7.23. The molecule has 0 spiro atoms. The molecule has 0 aromatic rings. The van der Waals surface area contributed by atoms with Gasteiger partial charge in [0.1, 0.15) is 0 Å². The van der Waals surface area contributed by atoms with Gasteiger partial charge in [-0.15, -0.1) is 0 Å². The summed E-state index contributed by atoms with van der Waals surface area (Å²) in [4.78, 5) is 13.6. The van der Waals surface area contributed by atoms with Gasteiger partial charge in [0.15, 0.2) is 0 Å². The summed E-state index contributed by atoms with van der Waals surface area (Å²) in [5, 5.41) is 2.65. The first kappa shape index (κ1) is 31.7. The minimum atomic E-state index is -3.85. The van der Waals surface area contributed by atoms with Crippen molar-refractivity contribution in [2.75, 3.05) is 35.0 Å². The summed E-state index contributed by atoms with van der Waals surface area (Å²) < 4.78 is 52.7. The van der Waals surface area contributed by atoms with Crippen molar-refractivity contribution in [2.24, 2.45) is 11.8 Å². The molecule has 3 rings (SSSR count). The number of rotatable bonds is 12. The van der Waals surface area contributed by atoms with Crippen molar-refractivity contribution in [1.82, 2.24) is 9.62 Å². The highest BCUT2D eigenvalue weighted by Crippen LogP contribution is 2.36. The smallest absolute Gasteiger partial charge is 0.235 e. The summed E-state index contributed by atoms with van der Waals surface area (Å²) in [5.41, 5.74) is 0. The van der Waals surface area contributed by atoms with Crippen molar-refractivity contribution in [1.29, 1.82) is 0 Å². The van der Waals surface area contributed by atoms with Gasteiger partial charge in [-0.1, -0.05) is 33.1 Å². The largest absolute Gasteiger partial charge is 0.381 e. The lowest BCUT2D eigenvalue weighted by Crippen LogP contribution is -2.59. The molecular formula is C28H52N2O7S. The van der Waals surface area contributed by atoms with E-state index in [0.717, 1.165) is 32.1 Å². The van der Waals surface area contributed by atoms with Crippen molar-refractivity contribution in [2.45, 2.75) is 126 Å². The van der Waals surface area contributed by atoms with Gasteiger partial charge in [0.25, 0.3) is 0 Å². The van der Waals surface area contributed by atoms with Crippen LogP contribution in [0.2, 0.25) is 0 Å². The molecular weight excluding hydrogens is 508 g/mol. The lowest BCUT2D eigenvalue weighted by Gasteiger charge is -2.44. The number of nitrogens with zero attached hydrogens (tertiary/aromatic N) is 1. The second kappa shape index (κ2) is 14.7. The van der Waals surface area contributed by atoms with Gasteiger partial charge in [-0.25, -0.2) is 8.42 Å². The molecule has 3 saturated carbocycles. The van der Waals surface area contributed by atoms with Gasteiger partial charge in [-0.05, 0) is 63.2 Å². The van der Waals surface area contributed by atoms with Crippen LogP contribution in [0.15, 0.2) is 0 Å². The standard InChI is InChI=1S/C28H52N2O7S/c1-7-19-10-9-11-20(8-2)28(19)29-27(31)18-30(23-16-21(34-3)12-14-24(23)35-4)38(32,33)22-13-15-25(36-5)26(17-22)37-6/h19-26,28H,7-18H2,1-6H3,(H,29,31). The molecule has 1 amide bonds. The highest BCUT2D eigenvalue weighted by molar-refractivity contribution is 7.89. The molecule has 10 heteroatoms. The van der Waals surface area contributed by atoms with Crippen molar-refractivity contribution >= 4 is 15.9 Å². The lowest BCUT2D eigenvalue weighted by molar-refractivity contribution is -0.124. The second-order valence-corrected chi connectivity index (χ2v) is 13.6. The molecule has 0 heterocycles. The maximum atomic E-state index is 14.3. The summed E-state index contributed by atoms with van der Waals surface area (Å²) in [6.45, 7) is 4.16. The predicted molar refractivity (Wildman–Crippen MR) is 147 cm³/mol. The molecule has 38 heavy (non-hydrogen) atoms. The summed E-state index contributed by atoms with van der Waals surface area (Å²) in [7, 11) is 2.67. The summed E-state index contributed by atoms with van der Waals surface area (Å²) in [5.74, 6) is 0.628. The minimum Gasteiger partial charge on any atom is -0.381 e. The zero-order valence-corrected chi connectivity index (χ0v) is 25.2. The number of carbonyl (C=O) groups excluding carboxylic acids is 1. The van der Waals surface area contributed by atoms with E-state index < -0.39 is 21.3 Å². The third-order valence-corrected chi connectivity index (χ3v) is 11.9. The van der Waals surface area contributed by atoms with E-state index in [1.54, 1.807) is 28.4 Å². The molecule has 0 aromatic heterocycles. The molecule has 8 unspecified atom stereocenters. The third-order valence-electron chi connectivity index (χ3n) is 9.59. The minimum absolute atomic E-state index is 0.0737. The van der Waals surface area contributed by atoms with Crippen LogP contribution in [0, 0.1) is 11.8 Å². The first-order valence-electron chi connectivity index (χ1n) is 14.6. The SMILES string of the molecule is CCC1CCCC(CC)C1NC(=O)CN(C1CC(OC)CCC1OC)S(=O)(=O)C1CCC(OC)C(OC)C1. The number of carbonyl (C=O) groups is 1. The first-order valence-corrected chi connectivity index (χ1v) is 16.1. The van der Waals surface area contributed by atoms with E-state index in [-0.39, 0.29) is 42.9 Å². The van der Waals surface area contributed by atoms with Crippen LogP contribution >= 0.6 is 0 Å². The Morgan fingerprint density at radius 3 is 1.95 bits per heavy atom. The van der Waals surface area contributed by atoms with E-state index in [9.17, 15) is 13.2 Å². The maximum absolute atomic E-state index is 14.3. The summed E-state index contributed by atoms with van der Waals surface area (Å²) >= 11 is 0. The monoisotopic (exact) mass is 560 g/mol. The van der Waals surface area contributed by atoms with Crippen LogP contribution in [-0.2, 0) is 33.8 Å². The number of methoxy groups -OCH3 is 4.